The van der Waals surface area contributed by atoms with Crippen LogP contribution in [0.3, 0.4) is 0 Å². The number of urea groups is 1. The van der Waals surface area contributed by atoms with Crippen molar-refractivity contribution < 1.29 is 14.3 Å². The molecule has 1 fully saturated rings. The predicted octanol–water partition coefficient (Wildman–Crippen LogP) is 4.73. The summed E-state index contributed by atoms with van der Waals surface area (Å²) in [4.78, 5) is 37.2. The van der Waals surface area contributed by atoms with E-state index < -0.39 is 5.54 Å². The number of ether oxygens (including phenoxy) is 1. The molecule has 1 saturated heterocycles. The second kappa shape index (κ2) is 8.96. The summed E-state index contributed by atoms with van der Waals surface area (Å²) in [5.74, 6) is 0.701. The predicted molar refractivity (Wildman–Crippen MR) is 140 cm³/mol. The number of aromatic nitrogens is 1. The Kier molecular flexibility index (Phi) is 5.75. The summed E-state index contributed by atoms with van der Waals surface area (Å²) in [5, 5.41) is 1.06. The molecule has 2 aromatic rings. The highest BCUT2D eigenvalue weighted by Gasteiger charge is 2.60. The van der Waals surface area contributed by atoms with E-state index in [4.69, 9.17) is 4.74 Å². The van der Waals surface area contributed by atoms with Crippen LogP contribution >= 0.6 is 0 Å². The Bertz CT molecular complexity index is 1310. The fourth-order valence-corrected chi connectivity index (χ4v) is 6.34. The molecule has 1 aromatic heterocycles. The summed E-state index contributed by atoms with van der Waals surface area (Å²) in [6.07, 6.45) is 15.2. The minimum Gasteiger partial charge on any atom is -0.497 e. The Morgan fingerprint density at radius 1 is 1.11 bits per heavy atom. The lowest BCUT2D eigenvalue weighted by molar-refractivity contribution is -0.133. The molecule has 2 atom stereocenters. The average molecular weight is 487 g/mol. The maximum absolute atomic E-state index is 13.9. The zero-order valence-electron chi connectivity index (χ0n) is 21.1. The lowest BCUT2D eigenvalue weighted by atomic mass is 9.80. The van der Waals surface area contributed by atoms with Crippen molar-refractivity contribution in [1.29, 1.82) is 0 Å². The van der Waals surface area contributed by atoms with Gasteiger partial charge in [-0.05, 0) is 61.9 Å². The quantitative estimate of drug-likeness (QED) is 0.474. The van der Waals surface area contributed by atoms with Crippen molar-refractivity contribution in [3.05, 3.63) is 65.4 Å². The van der Waals surface area contributed by atoms with E-state index in [1.807, 2.05) is 30.0 Å². The number of benzene rings is 1. The van der Waals surface area contributed by atoms with Crippen molar-refractivity contribution in [2.24, 2.45) is 0 Å². The molecule has 36 heavy (non-hydrogen) atoms. The normalized spacial score (nSPS) is 25.9. The summed E-state index contributed by atoms with van der Waals surface area (Å²) in [6, 6.07) is 5.51. The molecule has 3 aliphatic heterocycles. The molecule has 188 valence electrons. The molecule has 6 rings (SSSR count). The number of nitrogens with one attached hydrogen (secondary N) is 1. The number of amides is 3. The van der Waals surface area contributed by atoms with Gasteiger partial charge in [0.05, 0.1) is 13.2 Å². The maximum Gasteiger partial charge on any atom is 0.328 e. The lowest BCUT2D eigenvalue weighted by Gasteiger charge is -2.43. The highest BCUT2D eigenvalue weighted by atomic mass is 16.5. The van der Waals surface area contributed by atoms with Gasteiger partial charge in [0, 0.05) is 49.2 Å². The van der Waals surface area contributed by atoms with Crippen LogP contribution in [0.1, 0.15) is 49.9 Å². The maximum atomic E-state index is 13.9. The summed E-state index contributed by atoms with van der Waals surface area (Å²) in [7, 11) is 1.67. The van der Waals surface area contributed by atoms with Gasteiger partial charge in [0.15, 0.2) is 0 Å². The number of imide groups is 1. The van der Waals surface area contributed by atoms with Crippen LogP contribution in [0.4, 0.5) is 4.79 Å². The monoisotopic (exact) mass is 486 g/mol. The summed E-state index contributed by atoms with van der Waals surface area (Å²) in [5.41, 5.74) is 3.28. The highest BCUT2D eigenvalue weighted by molar-refractivity contribution is 6.08. The first-order chi connectivity index (χ1) is 17.5. The third-order valence-corrected chi connectivity index (χ3v) is 8.21. The molecule has 7 heteroatoms. The largest absolute Gasteiger partial charge is 0.497 e. The first-order valence-corrected chi connectivity index (χ1v) is 13.1. The number of aromatic amines is 1. The fourth-order valence-electron chi connectivity index (χ4n) is 6.34. The number of H-pyrrole nitrogens is 1. The first-order valence-electron chi connectivity index (χ1n) is 13.1. The van der Waals surface area contributed by atoms with Crippen molar-refractivity contribution in [3.8, 4) is 5.75 Å². The Labute approximate surface area is 212 Å². The molecule has 1 N–H and O–H groups in total. The van der Waals surface area contributed by atoms with Gasteiger partial charge in [0.25, 0.3) is 5.91 Å². The van der Waals surface area contributed by atoms with Crippen LogP contribution in [-0.4, -0.2) is 70.4 Å². The van der Waals surface area contributed by atoms with Crippen molar-refractivity contribution in [1.82, 2.24) is 19.7 Å². The summed E-state index contributed by atoms with van der Waals surface area (Å²) < 4.78 is 5.50. The summed E-state index contributed by atoms with van der Waals surface area (Å²) in [6.45, 7) is 5.27. The van der Waals surface area contributed by atoms with Crippen LogP contribution in [0, 0.1) is 0 Å². The van der Waals surface area contributed by atoms with Gasteiger partial charge in [-0.15, -0.1) is 0 Å². The number of hydrogen-bond acceptors (Lipinski definition) is 4. The molecule has 1 aromatic carbocycles. The molecule has 3 amide bonds. The summed E-state index contributed by atoms with van der Waals surface area (Å²) >= 11 is 0. The molecule has 4 aliphatic rings. The Morgan fingerprint density at radius 2 is 2.00 bits per heavy atom. The number of rotatable bonds is 6. The third-order valence-electron chi connectivity index (χ3n) is 8.21. The number of methoxy groups -OCH3 is 1. The minimum absolute atomic E-state index is 0.0840. The zero-order valence-corrected chi connectivity index (χ0v) is 21.1. The Balaban J connectivity index is 1.37. The highest BCUT2D eigenvalue weighted by Crippen LogP contribution is 2.49. The number of hydrogen-bond donors (Lipinski definition) is 1. The van der Waals surface area contributed by atoms with Gasteiger partial charge < -0.3 is 9.72 Å². The van der Waals surface area contributed by atoms with Crippen LogP contribution < -0.4 is 4.74 Å². The molecule has 0 spiro atoms. The molecular weight excluding hydrogens is 452 g/mol. The van der Waals surface area contributed by atoms with Crippen molar-refractivity contribution in [2.45, 2.75) is 50.6 Å². The first kappa shape index (κ1) is 23.1. The minimum atomic E-state index is -0.924. The van der Waals surface area contributed by atoms with Gasteiger partial charge in [-0.3, -0.25) is 19.5 Å². The number of carbonyl (C=O) groups excluding carboxylic acids is 2. The van der Waals surface area contributed by atoms with Crippen LogP contribution in [0.2, 0.25) is 0 Å². The molecular formula is C29H34N4O3. The van der Waals surface area contributed by atoms with Gasteiger partial charge in [0.2, 0.25) is 0 Å². The SMILES string of the molecule is COc1ccc2[nH]c3c(c2c1)C[C@@]1(C)C(=O)N(CCCN2CC=CCC2)C(=O)N1[C@@H]3C1=CCCC=C1. The Hall–Kier alpha value is -3.32. The van der Waals surface area contributed by atoms with Gasteiger partial charge in [-0.1, -0.05) is 30.4 Å². The standard InChI is InChI=1S/C29H34N4O3/c1-29-19-23-22-18-21(36-2)12-13-24(22)30-25(23)26(20-10-5-3-6-11-20)33(29)28(35)32(27(29)34)17-9-16-31-14-7-4-8-15-31/h4-5,7,10-13,18,26,30H,3,6,8-9,14-17,19H2,1-2H3/t26-,29+/m1/s1. The van der Waals surface area contributed by atoms with E-state index >= 15 is 0 Å². The van der Waals surface area contributed by atoms with Gasteiger partial charge in [-0.25, -0.2) is 4.79 Å². The molecule has 1 aliphatic carbocycles. The second-order valence-corrected chi connectivity index (χ2v) is 10.5. The van der Waals surface area contributed by atoms with Crippen molar-refractivity contribution in [3.63, 3.8) is 0 Å². The van der Waals surface area contributed by atoms with E-state index in [0.29, 0.717) is 13.0 Å². The van der Waals surface area contributed by atoms with E-state index in [1.54, 1.807) is 7.11 Å². The molecule has 0 radical (unpaired) electrons. The second-order valence-electron chi connectivity index (χ2n) is 10.5. The van der Waals surface area contributed by atoms with Crippen LogP contribution in [0.5, 0.6) is 5.75 Å². The van der Waals surface area contributed by atoms with Gasteiger partial charge >= 0.3 is 6.03 Å². The smallest absolute Gasteiger partial charge is 0.328 e. The molecule has 4 heterocycles. The topological polar surface area (TPSA) is 68.9 Å². The van der Waals surface area contributed by atoms with Crippen LogP contribution in [0.25, 0.3) is 10.9 Å². The van der Waals surface area contributed by atoms with Crippen molar-refractivity contribution in [2.75, 3.05) is 33.3 Å². The molecule has 0 saturated carbocycles. The molecule has 0 bridgehead atoms. The Morgan fingerprint density at radius 3 is 2.75 bits per heavy atom. The van der Waals surface area contributed by atoms with E-state index in [0.717, 1.165) is 78.8 Å². The van der Waals surface area contributed by atoms with E-state index in [9.17, 15) is 9.59 Å². The van der Waals surface area contributed by atoms with Crippen LogP contribution in [0.15, 0.2) is 54.2 Å². The fraction of sp³-hybridized carbons (Fsp3) is 0.448. The number of fused-ring (bicyclic) bond motifs is 4. The zero-order chi connectivity index (χ0) is 24.9. The number of carbonyl (C=O) groups is 2. The average Bonchev–Trinajstić information content (AvgIpc) is 3.35. The van der Waals surface area contributed by atoms with Gasteiger partial charge in [-0.2, -0.15) is 0 Å². The van der Waals surface area contributed by atoms with Crippen LogP contribution in [-0.2, 0) is 11.2 Å². The molecule has 7 nitrogen and oxygen atoms in total. The van der Waals surface area contributed by atoms with E-state index in [2.05, 4.69) is 40.3 Å². The van der Waals surface area contributed by atoms with E-state index in [1.165, 1.54) is 4.90 Å². The van der Waals surface area contributed by atoms with Gasteiger partial charge in [0.1, 0.15) is 11.3 Å². The number of allylic oxidation sites excluding steroid dienone is 2. The number of nitrogens with zero attached hydrogens (tertiary/aromatic N) is 3. The third kappa shape index (κ3) is 3.60. The lowest BCUT2D eigenvalue weighted by Crippen LogP contribution is -2.53. The van der Waals surface area contributed by atoms with E-state index in [-0.39, 0.29) is 18.0 Å². The van der Waals surface area contributed by atoms with Crippen molar-refractivity contribution >= 4 is 22.8 Å². The molecule has 0 unspecified atom stereocenters.